The van der Waals surface area contributed by atoms with Crippen molar-refractivity contribution in [2.24, 2.45) is 10.4 Å². The average Bonchev–Trinajstić information content (AvgIpc) is 3.19. The zero-order valence-corrected chi connectivity index (χ0v) is 18.0. The zero-order valence-electron chi connectivity index (χ0n) is 15.7. The van der Waals surface area contributed by atoms with E-state index in [2.05, 4.69) is 24.5 Å². The van der Waals surface area contributed by atoms with Crippen molar-refractivity contribution >= 4 is 29.9 Å². The van der Waals surface area contributed by atoms with Crippen LogP contribution in [-0.2, 0) is 9.47 Å². The van der Waals surface area contributed by atoms with Crippen LogP contribution in [0.5, 0.6) is 0 Å². The van der Waals surface area contributed by atoms with Gasteiger partial charge in [-0.3, -0.25) is 4.99 Å². The predicted octanol–water partition coefficient (Wildman–Crippen LogP) is 3.33. The lowest BCUT2D eigenvalue weighted by Gasteiger charge is -2.28. The molecule has 1 unspecified atom stereocenters. The van der Waals surface area contributed by atoms with Crippen LogP contribution in [-0.4, -0.2) is 51.5 Å². The summed E-state index contributed by atoms with van der Waals surface area (Å²) in [7, 11) is 1.79. The Labute approximate surface area is 164 Å². The number of hydrogen-bond donors (Lipinski definition) is 2. The third kappa shape index (κ3) is 6.67. The summed E-state index contributed by atoms with van der Waals surface area (Å²) in [6.45, 7) is 8.62. The van der Waals surface area contributed by atoms with E-state index in [1.807, 2.05) is 0 Å². The van der Waals surface area contributed by atoms with E-state index in [1.54, 1.807) is 7.11 Å². The highest BCUT2D eigenvalue weighted by atomic mass is 127. The molecule has 2 N–H and O–H groups in total. The third-order valence-electron chi connectivity index (χ3n) is 5.35. The number of methoxy groups -OCH3 is 1. The molecule has 6 heteroatoms. The van der Waals surface area contributed by atoms with Gasteiger partial charge in [-0.05, 0) is 51.4 Å². The number of guanidine groups is 1. The number of halogens is 1. The van der Waals surface area contributed by atoms with Gasteiger partial charge in [0.15, 0.2) is 5.96 Å². The minimum atomic E-state index is -0.0444. The van der Waals surface area contributed by atoms with Crippen LogP contribution in [0, 0.1) is 5.41 Å². The summed E-state index contributed by atoms with van der Waals surface area (Å²) in [6, 6.07) is 0. The van der Waals surface area contributed by atoms with Crippen LogP contribution in [0.15, 0.2) is 4.99 Å². The first kappa shape index (κ1) is 22.0. The van der Waals surface area contributed by atoms with Crippen LogP contribution in [0.3, 0.4) is 0 Å². The van der Waals surface area contributed by atoms with Crippen molar-refractivity contribution in [2.75, 3.05) is 40.0 Å². The Morgan fingerprint density at radius 1 is 1.17 bits per heavy atom. The molecule has 1 aliphatic heterocycles. The van der Waals surface area contributed by atoms with Gasteiger partial charge in [0.2, 0.25) is 0 Å². The number of aliphatic imine (C=N–C) groups is 1. The Kier molecular flexibility index (Phi) is 9.89. The molecule has 2 rings (SSSR count). The van der Waals surface area contributed by atoms with Crippen molar-refractivity contribution in [1.82, 2.24) is 10.6 Å². The maximum Gasteiger partial charge on any atom is 0.191 e. The molecule has 0 aromatic heterocycles. The normalized spacial score (nSPS) is 26.2. The fourth-order valence-corrected chi connectivity index (χ4v) is 3.77. The first-order valence-electron chi connectivity index (χ1n) is 9.27. The lowest BCUT2D eigenvalue weighted by Crippen LogP contribution is -2.46. The van der Waals surface area contributed by atoms with E-state index in [1.165, 1.54) is 25.7 Å². The molecular weight excluding hydrogens is 417 g/mol. The quantitative estimate of drug-likeness (QED) is 0.337. The molecule has 2 aliphatic rings. The molecule has 1 saturated heterocycles. The summed E-state index contributed by atoms with van der Waals surface area (Å²) in [5.74, 6) is 0.924. The lowest BCUT2D eigenvalue weighted by atomic mass is 9.83. The number of ether oxygens (including phenoxy) is 2. The molecule has 1 saturated carbocycles. The Balaban J connectivity index is 0.00000288. The van der Waals surface area contributed by atoms with E-state index in [0.717, 1.165) is 58.1 Å². The van der Waals surface area contributed by atoms with Crippen molar-refractivity contribution in [3.05, 3.63) is 0 Å². The average molecular weight is 453 g/mol. The maximum absolute atomic E-state index is 5.86. The summed E-state index contributed by atoms with van der Waals surface area (Å²) < 4.78 is 11.2. The third-order valence-corrected chi connectivity index (χ3v) is 5.35. The number of nitrogens with zero attached hydrogens (tertiary/aromatic N) is 1. The van der Waals surface area contributed by atoms with E-state index < -0.39 is 0 Å². The molecule has 1 aliphatic carbocycles. The van der Waals surface area contributed by atoms with E-state index in [-0.39, 0.29) is 29.6 Å². The standard InChI is InChI=1S/C18H35N3O2.HI/c1-4-19-16(20-14-17(2)8-7-12-23-17)21-15-18(11-13-22-3)9-5-6-10-18;/h4-15H2,1-3H3,(H2,19,20,21);1H. The van der Waals surface area contributed by atoms with Crippen molar-refractivity contribution in [3.8, 4) is 0 Å². The van der Waals surface area contributed by atoms with Crippen LogP contribution >= 0.6 is 24.0 Å². The zero-order chi connectivity index (χ0) is 16.6. The Morgan fingerprint density at radius 2 is 1.92 bits per heavy atom. The highest BCUT2D eigenvalue weighted by Gasteiger charge is 2.34. The van der Waals surface area contributed by atoms with E-state index in [0.29, 0.717) is 5.41 Å². The highest BCUT2D eigenvalue weighted by molar-refractivity contribution is 14.0. The van der Waals surface area contributed by atoms with Gasteiger partial charge in [-0.15, -0.1) is 24.0 Å². The van der Waals surface area contributed by atoms with Gasteiger partial charge in [-0.1, -0.05) is 12.8 Å². The van der Waals surface area contributed by atoms with Gasteiger partial charge < -0.3 is 20.1 Å². The number of nitrogens with one attached hydrogen (secondary N) is 2. The monoisotopic (exact) mass is 453 g/mol. The van der Waals surface area contributed by atoms with Crippen molar-refractivity contribution in [2.45, 2.75) is 64.4 Å². The van der Waals surface area contributed by atoms with Gasteiger partial charge in [-0.2, -0.15) is 0 Å². The Morgan fingerprint density at radius 3 is 2.50 bits per heavy atom. The topological polar surface area (TPSA) is 54.9 Å². The highest BCUT2D eigenvalue weighted by Crippen LogP contribution is 2.41. The predicted molar refractivity (Wildman–Crippen MR) is 110 cm³/mol. The van der Waals surface area contributed by atoms with Crippen LogP contribution in [0.25, 0.3) is 0 Å². The molecule has 1 heterocycles. The van der Waals surface area contributed by atoms with Gasteiger partial charge in [-0.25, -0.2) is 0 Å². The Hall–Kier alpha value is -0.0800. The van der Waals surface area contributed by atoms with Gasteiger partial charge >= 0.3 is 0 Å². The Bertz CT molecular complexity index is 378. The molecule has 0 spiro atoms. The summed E-state index contributed by atoms with van der Waals surface area (Å²) in [5.41, 5.74) is 0.295. The summed E-state index contributed by atoms with van der Waals surface area (Å²) >= 11 is 0. The molecule has 1 atom stereocenters. The maximum atomic E-state index is 5.86. The largest absolute Gasteiger partial charge is 0.385 e. The second kappa shape index (κ2) is 10.8. The molecule has 142 valence electrons. The summed E-state index contributed by atoms with van der Waals surface area (Å²) in [4.78, 5) is 4.90. The molecule has 24 heavy (non-hydrogen) atoms. The molecule has 2 fully saturated rings. The van der Waals surface area contributed by atoms with Crippen molar-refractivity contribution in [1.29, 1.82) is 0 Å². The number of hydrogen-bond acceptors (Lipinski definition) is 3. The molecule has 0 bridgehead atoms. The first-order valence-corrected chi connectivity index (χ1v) is 9.27. The second-order valence-electron chi connectivity index (χ2n) is 7.40. The van der Waals surface area contributed by atoms with Gasteiger partial charge in [0.05, 0.1) is 5.60 Å². The van der Waals surface area contributed by atoms with Crippen molar-refractivity contribution < 1.29 is 9.47 Å². The fraction of sp³-hybridized carbons (Fsp3) is 0.944. The molecule has 0 amide bonds. The van der Waals surface area contributed by atoms with Gasteiger partial charge in [0, 0.05) is 40.0 Å². The van der Waals surface area contributed by atoms with Crippen molar-refractivity contribution in [3.63, 3.8) is 0 Å². The van der Waals surface area contributed by atoms with Crippen LogP contribution < -0.4 is 10.6 Å². The van der Waals surface area contributed by atoms with Gasteiger partial charge in [0.25, 0.3) is 0 Å². The second-order valence-corrected chi connectivity index (χ2v) is 7.40. The van der Waals surface area contributed by atoms with E-state index >= 15 is 0 Å². The number of rotatable bonds is 8. The first-order chi connectivity index (χ1) is 11.1. The molecule has 0 aromatic rings. The molecular formula is C18H36IN3O2. The summed E-state index contributed by atoms with van der Waals surface area (Å²) in [6.07, 6.45) is 8.61. The summed E-state index contributed by atoms with van der Waals surface area (Å²) in [5, 5.41) is 6.86. The van der Waals surface area contributed by atoms with Crippen LogP contribution in [0.4, 0.5) is 0 Å². The van der Waals surface area contributed by atoms with Crippen LogP contribution in [0.1, 0.15) is 58.8 Å². The molecule has 0 radical (unpaired) electrons. The molecule has 0 aromatic carbocycles. The lowest BCUT2D eigenvalue weighted by molar-refractivity contribution is 0.0242. The minimum absolute atomic E-state index is 0. The fourth-order valence-electron chi connectivity index (χ4n) is 3.77. The van der Waals surface area contributed by atoms with Crippen LogP contribution in [0.2, 0.25) is 0 Å². The van der Waals surface area contributed by atoms with Gasteiger partial charge in [0.1, 0.15) is 0 Å². The minimum Gasteiger partial charge on any atom is -0.385 e. The van der Waals surface area contributed by atoms with E-state index in [4.69, 9.17) is 14.5 Å². The van der Waals surface area contributed by atoms with E-state index in [9.17, 15) is 0 Å². The SMILES string of the molecule is CCNC(=NCC1(CCOC)CCCC1)NCC1(C)CCCO1.I. The molecule has 5 nitrogen and oxygen atoms in total. The smallest absolute Gasteiger partial charge is 0.191 e.